The maximum Gasteiger partial charge on any atom is 0.0704 e. The van der Waals surface area contributed by atoms with Crippen molar-refractivity contribution in [3.8, 4) is 0 Å². The van der Waals surface area contributed by atoms with E-state index in [0.717, 1.165) is 6.42 Å². The molecule has 3 heteroatoms. The quantitative estimate of drug-likeness (QED) is 0.881. The van der Waals surface area contributed by atoms with Crippen LogP contribution in [0.3, 0.4) is 0 Å². The highest BCUT2D eigenvalue weighted by Gasteiger charge is 2.70. The molecule has 1 aromatic carbocycles. The zero-order chi connectivity index (χ0) is 15.9. The summed E-state index contributed by atoms with van der Waals surface area (Å²) in [6.45, 7) is 4.69. The van der Waals surface area contributed by atoms with Gasteiger partial charge in [0.25, 0.3) is 0 Å². The normalized spacial score (nSPS) is 47.6. The third-order valence-electron chi connectivity index (χ3n) is 7.85. The summed E-state index contributed by atoms with van der Waals surface area (Å²) < 4.78 is 0. The standard InChI is InChI=1S/C20H28N2O/c1-4-11(2)12-9-14-18-20(10-15(21-14)17(12)19(20)23)13-7-5-6-8-16(13)22(18)3/h5-8,11-12,14-15,17-19,21,23H,4,9-10H2,1-3H3/t11-,12-,14-,15-,17-,18-,19+,20+/m0/s1. The van der Waals surface area contributed by atoms with Crippen molar-refractivity contribution in [3.63, 3.8) is 0 Å². The minimum Gasteiger partial charge on any atom is -0.392 e. The minimum absolute atomic E-state index is 0.0429. The smallest absolute Gasteiger partial charge is 0.0704 e. The summed E-state index contributed by atoms with van der Waals surface area (Å²) in [5.74, 6) is 1.79. The number of likely N-dealkylation sites (N-methyl/N-ethyl adjacent to an activating group) is 1. The molecule has 1 aliphatic carbocycles. The topological polar surface area (TPSA) is 35.5 Å². The van der Waals surface area contributed by atoms with E-state index in [1.54, 1.807) is 0 Å². The fourth-order valence-corrected chi connectivity index (χ4v) is 6.84. The lowest BCUT2D eigenvalue weighted by Crippen LogP contribution is -2.64. The van der Waals surface area contributed by atoms with Crippen LogP contribution in [0.1, 0.15) is 38.7 Å². The molecule has 0 unspecified atom stereocenters. The van der Waals surface area contributed by atoms with E-state index in [-0.39, 0.29) is 11.5 Å². The molecule has 0 amide bonds. The van der Waals surface area contributed by atoms with Gasteiger partial charge in [-0.3, -0.25) is 0 Å². The molecule has 3 heterocycles. The SMILES string of the molecule is CC[C@H](C)[C@@H]1C[C@@H]2N[C@H]3C[C@]4(c5ccccc5N(C)[C@@H]24)[C@H](O)[C@@H]13. The van der Waals surface area contributed by atoms with E-state index in [2.05, 4.69) is 55.4 Å². The van der Waals surface area contributed by atoms with Gasteiger partial charge in [0.15, 0.2) is 0 Å². The number of hydrogen-bond acceptors (Lipinski definition) is 3. The van der Waals surface area contributed by atoms with E-state index >= 15 is 0 Å². The first-order chi connectivity index (χ1) is 11.1. The number of anilines is 1. The summed E-state index contributed by atoms with van der Waals surface area (Å²) in [6.07, 6.45) is 3.34. The van der Waals surface area contributed by atoms with Crippen molar-refractivity contribution in [2.24, 2.45) is 17.8 Å². The zero-order valence-electron chi connectivity index (χ0n) is 14.4. The van der Waals surface area contributed by atoms with Crippen molar-refractivity contribution in [1.82, 2.24) is 5.32 Å². The minimum atomic E-state index is -0.206. The number of nitrogens with one attached hydrogen (secondary N) is 1. The Kier molecular flexibility index (Phi) is 2.81. The van der Waals surface area contributed by atoms with Gasteiger partial charge >= 0.3 is 0 Å². The Morgan fingerprint density at radius 2 is 2.13 bits per heavy atom. The number of para-hydroxylation sites is 1. The van der Waals surface area contributed by atoms with E-state index in [0.29, 0.717) is 35.9 Å². The highest BCUT2D eigenvalue weighted by Crippen LogP contribution is 2.63. The van der Waals surface area contributed by atoms with Gasteiger partial charge in [0.05, 0.1) is 12.1 Å². The molecule has 1 aromatic rings. The molecule has 4 aliphatic rings. The second-order valence-electron chi connectivity index (χ2n) is 8.50. The van der Waals surface area contributed by atoms with Crippen LogP contribution >= 0.6 is 0 Å². The summed E-state index contributed by atoms with van der Waals surface area (Å²) in [6, 6.07) is 10.2. The molecule has 3 aliphatic heterocycles. The van der Waals surface area contributed by atoms with Gasteiger partial charge in [-0.05, 0) is 36.3 Å². The predicted octanol–water partition coefficient (Wildman–Crippen LogP) is 2.53. The molecular formula is C20H28N2O. The van der Waals surface area contributed by atoms with Gasteiger partial charge in [0, 0.05) is 36.2 Å². The van der Waals surface area contributed by atoms with Gasteiger partial charge in [-0.1, -0.05) is 38.5 Å². The largest absolute Gasteiger partial charge is 0.392 e. The Labute approximate surface area is 139 Å². The van der Waals surface area contributed by atoms with E-state index in [9.17, 15) is 5.11 Å². The van der Waals surface area contributed by atoms with Gasteiger partial charge in [-0.25, -0.2) is 0 Å². The Balaban J connectivity index is 1.69. The van der Waals surface area contributed by atoms with Crippen LogP contribution in [0.4, 0.5) is 5.69 Å². The van der Waals surface area contributed by atoms with Crippen LogP contribution in [-0.2, 0) is 5.41 Å². The summed E-state index contributed by atoms with van der Waals surface area (Å²) in [5.41, 5.74) is 2.70. The lowest BCUT2D eigenvalue weighted by Gasteiger charge is -2.49. The van der Waals surface area contributed by atoms with Gasteiger partial charge in [-0.2, -0.15) is 0 Å². The van der Waals surface area contributed by atoms with Crippen LogP contribution in [0, 0.1) is 17.8 Å². The van der Waals surface area contributed by atoms with Crippen molar-refractivity contribution in [2.45, 2.75) is 62.8 Å². The predicted molar refractivity (Wildman–Crippen MR) is 92.7 cm³/mol. The summed E-state index contributed by atoms with van der Waals surface area (Å²) >= 11 is 0. The molecule has 0 aromatic heterocycles. The van der Waals surface area contributed by atoms with Crippen LogP contribution in [0.15, 0.2) is 24.3 Å². The Morgan fingerprint density at radius 1 is 1.35 bits per heavy atom. The summed E-state index contributed by atoms with van der Waals surface area (Å²) in [5, 5.41) is 15.5. The van der Waals surface area contributed by atoms with Crippen LogP contribution < -0.4 is 10.2 Å². The zero-order valence-corrected chi connectivity index (χ0v) is 14.4. The molecule has 3 nitrogen and oxygen atoms in total. The van der Waals surface area contributed by atoms with E-state index in [1.165, 1.54) is 24.1 Å². The van der Waals surface area contributed by atoms with Gasteiger partial charge in [-0.15, -0.1) is 0 Å². The lowest BCUT2D eigenvalue weighted by atomic mass is 9.68. The first-order valence-electron chi connectivity index (χ1n) is 9.36. The summed E-state index contributed by atoms with van der Waals surface area (Å²) in [7, 11) is 2.23. The number of piperidine rings is 2. The fraction of sp³-hybridized carbons (Fsp3) is 0.700. The second kappa shape index (κ2) is 4.52. The third-order valence-corrected chi connectivity index (χ3v) is 7.85. The molecule has 2 saturated heterocycles. The fourth-order valence-electron chi connectivity index (χ4n) is 6.84. The maximum atomic E-state index is 11.6. The maximum absolute atomic E-state index is 11.6. The molecule has 3 bridgehead atoms. The molecule has 2 N–H and O–H groups in total. The molecule has 1 saturated carbocycles. The number of nitrogens with zero attached hydrogens (tertiary/aromatic N) is 1. The van der Waals surface area contributed by atoms with E-state index < -0.39 is 0 Å². The number of aliphatic hydroxyl groups excluding tert-OH is 1. The van der Waals surface area contributed by atoms with Gasteiger partial charge in [0.1, 0.15) is 0 Å². The molecular weight excluding hydrogens is 284 g/mol. The number of hydrogen-bond donors (Lipinski definition) is 2. The summed E-state index contributed by atoms with van der Waals surface area (Å²) in [4.78, 5) is 2.47. The monoisotopic (exact) mass is 312 g/mol. The molecule has 8 atom stereocenters. The van der Waals surface area contributed by atoms with Crippen LogP contribution in [0.2, 0.25) is 0 Å². The van der Waals surface area contributed by atoms with Crippen molar-refractivity contribution in [3.05, 3.63) is 29.8 Å². The first-order valence-corrected chi connectivity index (χ1v) is 9.36. The van der Waals surface area contributed by atoms with Gasteiger partial charge < -0.3 is 15.3 Å². The molecule has 0 radical (unpaired) electrons. The molecule has 3 fully saturated rings. The number of aliphatic hydroxyl groups is 1. The third kappa shape index (κ3) is 1.49. The Hall–Kier alpha value is -1.06. The number of rotatable bonds is 2. The number of benzene rings is 1. The molecule has 1 spiro atoms. The van der Waals surface area contributed by atoms with Crippen LogP contribution in [0.25, 0.3) is 0 Å². The van der Waals surface area contributed by atoms with Crippen LogP contribution in [0.5, 0.6) is 0 Å². The average molecular weight is 312 g/mol. The van der Waals surface area contributed by atoms with Crippen molar-refractivity contribution < 1.29 is 5.11 Å². The van der Waals surface area contributed by atoms with E-state index in [4.69, 9.17) is 0 Å². The first kappa shape index (κ1) is 14.3. The van der Waals surface area contributed by atoms with Gasteiger partial charge in [0.2, 0.25) is 0 Å². The van der Waals surface area contributed by atoms with E-state index in [1.807, 2.05) is 0 Å². The Bertz CT molecular complexity index is 646. The lowest BCUT2D eigenvalue weighted by molar-refractivity contribution is 0.0344. The number of fused-ring (bicyclic) bond motifs is 3. The highest BCUT2D eigenvalue weighted by atomic mass is 16.3. The van der Waals surface area contributed by atoms with Crippen LogP contribution in [-0.4, -0.2) is 36.4 Å². The highest BCUT2D eigenvalue weighted by molar-refractivity contribution is 5.67. The Morgan fingerprint density at radius 3 is 2.91 bits per heavy atom. The molecule has 5 rings (SSSR count). The average Bonchev–Trinajstić information content (AvgIpc) is 2.94. The van der Waals surface area contributed by atoms with Crippen molar-refractivity contribution >= 4 is 5.69 Å². The molecule has 23 heavy (non-hydrogen) atoms. The van der Waals surface area contributed by atoms with Crippen molar-refractivity contribution in [2.75, 3.05) is 11.9 Å². The molecule has 124 valence electrons. The second-order valence-corrected chi connectivity index (χ2v) is 8.50. The van der Waals surface area contributed by atoms with Crippen molar-refractivity contribution in [1.29, 1.82) is 0 Å².